The minimum Gasteiger partial charge on any atom is -0.341 e. The minimum absolute atomic E-state index is 0.0788. The second-order valence-corrected chi connectivity index (χ2v) is 7.04. The summed E-state index contributed by atoms with van der Waals surface area (Å²) in [7, 11) is 0. The fourth-order valence-corrected chi connectivity index (χ4v) is 4.15. The van der Waals surface area contributed by atoms with E-state index in [0.717, 1.165) is 25.0 Å². The molecule has 2 aliphatic rings. The van der Waals surface area contributed by atoms with Crippen LogP contribution in [0.1, 0.15) is 25.7 Å². The zero-order chi connectivity index (χ0) is 15.2. The molecule has 0 radical (unpaired) electrons. The van der Waals surface area contributed by atoms with Crippen LogP contribution in [0.3, 0.4) is 0 Å². The van der Waals surface area contributed by atoms with Gasteiger partial charge in [-0.15, -0.1) is 0 Å². The third-order valence-corrected chi connectivity index (χ3v) is 5.66. The summed E-state index contributed by atoms with van der Waals surface area (Å²) in [6.45, 7) is 0. The molecule has 0 aliphatic carbocycles. The first-order valence-corrected chi connectivity index (χ1v) is 9.40. The molecule has 0 unspecified atom stereocenters. The van der Waals surface area contributed by atoms with Gasteiger partial charge in [0.1, 0.15) is 0 Å². The van der Waals surface area contributed by atoms with Crippen LogP contribution in [0.4, 0.5) is 4.79 Å². The summed E-state index contributed by atoms with van der Waals surface area (Å²) >= 11 is 3.75. The van der Waals surface area contributed by atoms with E-state index >= 15 is 0 Å². The molecule has 0 saturated carbocycles. The van der Waals surface area contributed by atoms with Crippen molar-refractivity contribution >= 4 is 52.3 Å². The number of halogens is 1. The van der Waals surface area contributed by atoms with E-state index in [1.165, 1.54) is 0 Å². The smallest absolute Gasteiger partial charge is 0.332 e. The van der Waals surface area contributed by atoms with Crippen LogP contribution in [-0.4, -0.2) is 45.4 Å². The number of carbonyl (C=O) groups is 3. The third kappa shape index (κ3) is 4.90. The number of amides is 3. The number of fused-ring (bicyclic) bond motifs is 1. The number of alkyl halides is 1. The average molecular weight is 427 g/mol. The second-order valence-electron chi connectivity index (χ2n) is 5.00. The lowest BCUT2D eigenvalue weighted by atomic mass is 10.0. The van der Waals surface area contributed by atoms with Gasteiger partial charge in [0.2, 0.25) is 0 Å². The maximum atomic E-state index is 11.4. The van der Waals surface area contributed by atoms with Gasteiger partial charge in [0.25, 0.3) is 5.91 Å². The maximum absolute atomic E-state index is 11.4. The molecule has 0 aromatic rings. The summed E-state index contributed by atoms with van der Waals surface area (Å²) in [6.07, 6.45) is 2.86. The first kappa shape index (κ1) is 16.7. The monoisotopic (exact) mass is 427 g/mol. The molecule has 2 fully saturated rings. The summed E-state index contributed by atoms with van der Waals surface area (Å²) < 4.78 is 0.256. The van der Waals surface area contributed by atoms with Crippen molar-refractivity contribution in [3.8, 4) is 0 Å². The van der Waals surface area contributed by atoms with E-state index in [1.54, 1.807) is 0 Å². The maximum Gasteiger partial charge on any atom is 0.332 e. The Morgan fingerprint density at radius 3 is 2.95 bits per heavy atom. The van der Waals surface area contributed by atoms with Crippen molar-refractivity contribution in [3.63, 3.8) is 0 Å². The van der Waals surface area contributed by atoms with E-state index < -0.39 is 5.97 Å². The number of carbonyl (C=O) groups excluding carboxylic acids is 3. The molecule has 2 saturated heterocycles. The van der Waals surface area contributed by atoms with E-state index in [4.69, 9.17) is 0 Å². The minimum atomic E-state index is -0.416. The SMILES string of the molecule is O=C(CI)NOC(=O)CCCC[C@@H]1SC[C@@H]2NC(=O)N[C@@H]21. The predicted octanol–water partition coefficient (Wildman–Crippen LogP) is 0.722. The van der Waals surface area contributed by atoms with Crippen molar-refractivity contribution in [2.75, 3.05) is 10.2 Å². The first-order chi connectivity index (χ1) is 10.1. The molecule has 2 heterocycles. The zero-order valence-electron chi connectivity index (χ0n) is 11.4. The van der Waals surface area contributed by atoms with Gasteiger partial charge in [-0.2, -0.15) is 17.2 Å². The van der Waals surface area contributed by atoms with E-state index in [2.05, 4.69) is 21.0 Å². The predicted molar refractivity (Wildman–Crippen MR) is 87.1 cm³/mol. The van der Waals surface area contributed by atoms with E-state index in [9.17, 15) is 14.4 Å². The van der Waals surface area contributed by atoms with Crippen molar-refractivity contribution in [1.29, 1.82) is 0 Å². The molecule has 9 heteroatoms. The van der Waals surface area contributed by atoms with Crippen molar-refractivity contribution in [2.45, 2.75) is 43.0 Å². The zero-order valence-corrected chi connectivity index (χ0v) is 14.4. The molecular weight excluding hydrogens is 409 g/mol. The molecule has 0 bridgehead atoms. The Morgan fingerprint density at radius 1 is 1.38 bits per heavy atom. The number of urea groups is 1. The quantitative estimate of drug-likeness (QED) is 0.191. The van der Waals surface area contributed by atoms with E-state index in [1.807, 2.05) is 34.4 Å². The Balaban J connectivity index is 1.57. The molecule has 2 rings (SSSR count). The van der Waals surface area contributed by atoms with Gasteiger partial charge >= 0.3 is 12.0 Å². The Hall–Kier alpha value is -0.710. The molecule has 0 aromatic carbocycles. The summed E-state index contributed by atoms with van der Waals surface area (Å²) in [5, 5.41) is 6.25. The summed E-state index contributed by atoms with van der Waals surface area (Å²) in [4.78, 5) is 38.2. The molecule has 7 nitrogen and oxygen atoms in total. The number of hydroxylamine groups is 1. The summed E-state index contributed by atoms with van der Waals surface area (Å²) in [6, 6.07) is 0.364. The number of hydrogen-bond acceptors (Lipinski definition) is 5. The van der Waals surface area contributed by atoms with Gasteiger partial charge in [0.15, 0.2) is 0 Å². The second kappa shape index (κ2) is 8.06. The van der Waals surface area contributed by atoms with Crippen molar-refractivity contribution in [2.24, 2.45) is 0 Å². The van der Waals surface area contributed by atoms with Gasteiger partial charge < -0.3 is 15.5 Å². The Morgan fingerprint density at radius 2 is 2.19 bits per heavy atom. The molecule has 118 valence electrons. The number of nitrogens with one attached hydrogen (secondary N) is 3. The highest BCUT2D eigenvalue weighted by Crippen LogP contribution is 2.33. The number of rotatable bonds is 6. The topological polar surface area (TPSA) is 96.5 Å². The van der Waals surface area contributed by atoms with Crippen molar-refractivity contribution < 1.29 is 19.2 Å². The van der Waals surface area contributed by atoms with Gasteiger partial charge in [-0.1, -0.05) is 29.0 Å². The highest BCUT2D eigenvalue weighted by atomic mass is 127. The Bertz CT molecular complexity index is 423. The summed E-state index contributed by atoms with van der Waals surface area (Å²) in [5.74, 6) is 0.209. The van der Waals surface area contributed by atoms with E-state index in [0.29, 0.717) is 5.25 Å². The largest absolute Gasteiger partial charge is 0.341 e. The molecule has 2 aliphatic heterocycles. The average Bonchev–Trinajstić information content (AvgIpc) is 3.00. The van der Waals surface area contributed by atoms with Crippen LogP contribution in [-0.2, 0) is 14.4 Å². The van der Waals surface area contributed by atoms with Crippen LogP contribution < -0.4 is 16.1 Å². The molecule has 3 N–H and O–H groups in total. The van der Waals surface area contributed by atoms with Crippen LogP contribution in [0.5, 0.6) is 0 Å². The summed E-state index contributed by atoms with van der Waals surface area (Å²) in [5.41, 5.74) is 2.09. The highest BCUT2D eigenvalue weighted by Gasteiger charge is 2.42. The van der Waals surface area contributed by atoms with Gasteiger partial charge in [0.05, 0.1) is 16.5 Å². The van der Waals surface area contributed by atoms with Crippen LogP contribution in [0.2, 0.25) is 0 Å². The van der Waals surface area contributed by atoms with Crippen molar-refractivity contribution in [3.05, 3.63) is 0 Å². The van der Waals surface area contributed by atoms with Crippen LogP contribution >= 0.6 is 34.4 Å². The standard InChI is InChI=1S/C12H18IN3O4S/c13-5-9(17)16-20-10(18)4-2-1-3-8-11-7(6-21-8)14-12(19)15-11/h7-8,11H,1-6H2,(H,16,17)(H2,14,15,19)/t7-,8-,11-/m0/s1. The van der Waals surface area contributed by atoms with Crippen LogP contribution in [0.15, 0.2) is 0 Å². The lowest BCUT2D eigenvalue weighted by molar-refractivity contribution is -0.157. The number of unbranched alkanes of at least 4 members (excludes halogenated alkanes) is 1. The Kier molecular flexibility index (Phi) is 6.40. The van der Waals surface area contributed by atoms with Crippen molar-refractivity contribution in [1.82, 2.24) is 16.1 Å². The lowest BCUT2D eigenvalue weighted by Gasteiger charge is -2.16. The molecule has 21 heavy (non-hydrogen) atoms. The third-order valence-electron chi connectivity index (χ3n) is 3.46. The molecule has 3 atom stereocenters. The van der Waals surface area contributed by atoms with Gasteiger partial charge in [-0.05, 0) is 12.8 Å². The Labute approximate surface area is 140 Å². The van der Waals surface area contributed by atoms with Gasteiger partial charge in [-0.25, -0.2) is 9.59 Å². The number of thioether (sulfide) groups is 1. The first-order valence-electron chi connectivity index (χ1n) is 6.83. The normalized spacial score (nSPS) is 26.7. The molecular formula is C12H18IN3O4S. The fourth-order valence-electron chi connectivity index (χ4n) is 2.45. The number of hydrogen-bond donors (Lipinski definition) is 3. The lowest BCUT2D eigenvalue weighted by Crippen LogP contribution is -2.36. The molecule has 0 spiro atoms. The highest BCUT2D eigenvalue weighted by molar-refractivity contribution is 14.1. The van der Waals surface area contributed by atoms with Gasteiger partial charge in [-0.3, -0.25) is 4.79 Å². The van der Waals surface area contributed by atoms with Crippen LogP contribution in [0.25, 0.3) is 0 Å². The van der Waals surface area contributed by atoms with E-state index in [-0.39, 0.29) is 34.9 Å². The van der Waals surface area contributed by atoms with Gasteiger partial charge in [0, 0.05) is 17.4 Å². The molecule has 3 amide bonds. The van der Waals surface area contributed by atoms with Crippen LogP contribution in [0, 0.1) is 0 Å². The fraction of sp³-hybridized carbons (Fsp3) is 0.750. The molecule has 0 aromatic heterocycles.